The maximum Gasteiger partial charge on any atom is 0.179 e. The van der Waals surface area contributed by atoms with E-state index in [1.165, 1.54) is 0 Å². The molecule has 1 N–H and O–H groups in total. The highest BCUT2D eigenvalue weighted by Crippen LogP contribution is 2.38. The van der Waals surface area contributed by atoms with Crippen LogP contribution < -0.4 is 14.8 Å². The summed E-state index contributed by atoms with van der Waals surface area (Å²) in [5.41, 5.74) is 1.03. The lowest BCUT2D eigenvalue weighted by atomic mass is 10.2. The minimum Gasteiger partial charge on any atom is -0.486 e. The van der Waals surface area contributed by atoms with Crippen LogP contribution in [-0.4, -0.2) is 35.5 Å². The fraction of sp³-hybridized carbons (Fsp3) is 0.538. The van der Waals surface area contributed by atoms with E-state index in [2.05, 4.69) is 5.32 Å². The minimum absolute atomic E-state index is 0.192. The third-order valence-electron chi connectivity index (χ3n) is 2.80. The van der Waals surface area contributed by atoms with Crippen LogP contribution in [0, 0.1) is 0 Å². The lowest BCUT2D eigenvalue weighted by Crippen LogP contribution is -2.30. The van der Waals surface area contributed by atoms with Gasteiger partial charge in [0, 0.05) is 35.4 Å². The lowest BCUT2D eigenvalue weighted by molar-refractivity contribution is 0.171. The van der Waals surface area contributed by atoms with Crippen LogP contribution >= 0.6 is 11.6 Å². The molecular weight excluding hydrogens is 286 g/mol. The summed E-state index contributed by atoms with van der Waals surface area (Å²) in [5, 5.41) is 3.89. The number of benzene rings is 1. The number of ether oxygens (including phenoxy) is 2. The normalized spacial score (nSPS) is 17.0. The number of halogens is 1. The monoisotopic (exact) mass is 303 g/mol. The van der Waals surface area contributed by atoms with Crippen molar-refractivity contribution in [3.05, 3.63) is 22.7 Å². The Morgan fingerprint density at radius 2 is 2.16 bits per heavy atom. The molecule has 2 rings (SSSR count). The third kappa shape index (κ3) is 4.09. The lowest BCUT2D eigenvalue weighted by Gasteiger charge is -2.21. The van der Waals surface area contributed by atoms with Gasteiger partial charge in [-0.15, -0.1) is 0 Å². The van der Waals surface area contributed by atoms with Gasteiger partial charge in [-0.2, -0.15) is 0 Å². The van der Waals surface area contributed by atoms with Gasteiger partial charge in [-0.3, -0.25) is 4.21 Å². The quantitative estimate of drug-likeness (QED) is 0.903. The van der Waals surface area contributed by atoms with Gasteiger partial charge < -0.3 is 14.8 Å². The molecule has 0 amide bonds. The Bertz CT molecular complexity index is 481. The number of fused-ring (bicyclic) bond motifs is 1. The van der Waals surface area contributed by atoms with E-state index < -0.39 is 10.8 Å². The summed E-state index contributed by atoms with van der Waals surface area (Å²) in [6.45, 7) is 3.75. The standard InChI is InChI=1S/C13H18ClNO3S/c1-9(8-19(2)16)15-7-10-5-11(14)13-12(6-10)17-3-4-18-13/h5-6,9,15H,3-4,7-8H2,1-2H3. The van der Waals surface area contributed by atoms with Crippen LogP contribution in [0.15, 0.2) is 12.1 Å². The molecule has 106 valence electrons. The van der Waals surface area contributed by atoms with Crippen LogP contribution in [0.5, 0.6) is 11.5 Å². The van der Waals surface area contributed by atoms with Crippen LogP contribution in [0.4, 0.5) is 0 Å². The van der Waals surface area contributed by atoms with Crippen molar-refractivity contribution in [1.82, 2.24) is 5.32 Å². The molecule has 0 aliphatic carbocycles. The molecule has 1 aliphatic heterocycles. The molecular formula is C13H18ClNO3S. The molecule has 0 bridgehead atoms. The largest absolute Gasteiger partial charge is 0.486 e. The molecule has 0 radical (unpaired) electrons. The topological polar surface area (TPSA) is 47.6 Å². The highest BCUT2D eigenvalue weighted by molar-refractivity contribution is 7.84. The second-order valence-corrected chi connectivity index (χ2v) is 6.51. The fourth-order valence-electron chi connectivity index (χ4n) is 1.97. The Morgan fingerprint density at radius 3 is 2.89 bits per heavy atom. The SMILES string of the molecule is CC(CS(C)=O)NCc1cc(Cl)c2c(c1)OCCO2. The van der Waals surface area contributed by atoms with Gasteiger partial charge in [-0.1, -0.05) is 11.6 Å². The molecule has 1 aromatic rings. The molecule has 1 heterocycles. The van der Waals surface area contributed by atoms with Gasteiger partial charge in [0.25, 0.3) is 0 Å². The van der Waals surface area contributed by atoms with Crippen molar-refractivity contribution in [1.29, 1.82) is 0 Å². The summed E-state index contributed by atoms with van der Waals surface area (Å²) in [5.74, 6) is 1.96. The first-order valence-electron chi connectivity index (χ1n) is 6.17. The van der Waals surface area contributed by atoms with E-state index >= 15 is 0 Å². The van der Waals surface area contributed by atoms with Gasteiger partial charge in [0.2, 0.25) is 0 Å². The number of nitrogens with one attached hydrogen (secondary N) is 1. The second-order valence-electron chi connectivity index (χ2n) is 4.62. The van der Waals surface area contributed by atoms with Crippen LogP contribution in [0.2, 0.25) is 5.02 Å². The van der Waals surface area contributed by atoms with Gasteiger partial charge in [0.15, 0.2) is 11.5 Å². The van der Waals surface area contributed by atoms with Crippen molar-refractivity contribution in [2.45, 2.75) is 19.5 Å². The molecule has 4 nitrogen and oxygen atoms in total. The van der Waals surface area contributed by atoms with E-state index in [4.69, 9.17) is 21.1 Å². The number of hydrogen-bond donors (Lipinski definition) is 1. The Balaban J connectivity index is 2.01. The molecule has 0 saturated carbocycles. The third-order valence-corrected chi connectivity index (χ3v) is 4.05. The molecule has 0 fully saturated rings. The van der Waals surface area contributed by atoms with Crippen LogP contribution in [0.3, 0.4) is 0 Å². The van der Waals surface area contributed by atoms with E-state index in [0.29, 0.717) is 42.0 Å². The Labute approximate surface area is 120 Å². The zero-order valence-corrected chi connectivity index (χ0v) is 12.6. The maximum atomic E-state index is 11.1. The van der Waals surface area contributed by atoms with E-state index in [-0.39, 0.29) is 6.04 Å². The summed E-state index contributed by atoms with van der Waals surface area (Å²) in [6.07, 6.45) is 1.71. The zero-order chi connectivity index (χ0) is 13.8. The van der Waals surface area contributed by atoms with Gasteiger partial charge in [-0.25, -0.2) is 0 Å². The molecule has 2 unspecified atom stereocenters. The summed E-state index contributed by atoms with van der Waals surface area (Å²) >= 11 is 6.17. The molecule has 1 aliphatic rings. The van der Waals surface area contributed by atoms with Crippen molar-refractivity contribution in [2.24, 2.45) is 0 Å². The summed E-state index contributed by atoms with van der Waals surface area (Å²) in [4.78, 5) is 0. The molecule has 0 saturated heterocycles. The Kier molecular flexibility index (Phi) is 5.07. The van der Waals surface area contributed by atoms with E-state index in [1.807, 2.05) is 19.1 Å². The zero-order valence-electron chi connectivity index (χ0n) is 11.1. The van der Waals surface area contributed by atoms with Gasteiger partial charge in [-0.05, 0) is 24.6 Å². The summed E-state index contributed by atoms with van der Waals surface area (Å²) < 4.78 is 22.1. The van der Waals surface area contributed by atoms with Crippen molar-refractivity contribution in [3.8, 4) is 11.5 Å². The van der Waals surface area contributed by atoms with Crippen molar-refractivity contribution < 1.29 is 13.7 Å². The highest BCUT2D eigenvalue weighted by Gasteiger charge is 2.16. The molecule has 0 spiro atoms. The van der Waals surface area contributed by atoms with Crippen molar-refractivity contribution in [3.63, 3.8) is 0 Å². The first-order valence-corrected chi connectivity index (χ1v) is 8.28. The highest BCUT2D eigenvalue weighted by atomic mass is 35.5. The summed E-state index contributed by atoms with van der Waals surface area (Å²) in [6, 6.07) is 4.00. The van der Waals surface area contributed by atoms with Crippen LogP contribution in [0.25, 0.3) is 0 Å². The minimum atomic E-state index is -0.793. The molecule has 0 aromatic heterocycles. The van der Waals surface area contributed by atoms with Crippen molar-refractivity contribution in [2.75, 3.05) is 25.2 Å². The first kappa shape index (κ1) is 14.6. The molecule has 19 heavy (non-hydrogen) atoms. The average molecular weight is 304 g/mol. The maximum absolute atomic E-state index is 11.1. The fourth-order valence-corrected chi connectivity index (χ4v) is 3.08. The molecule has 6 heteroatoms. The number of hydrogen-bond acceptors (Lipinski definition) is 4. The predicted molar refractivity (Wildman–Crippen MR) is 77.7 cm³/mol. The van der Waals surface area contributed by atoms with Crippen LogP contribution in [-0.2, 0) is 17.3 Å². The summed E-state index contributed by atoms with van der Waals surface area (Å²) in [7, 11) is -0.793. The van der Waals surface area contributed by atoms with Crippen molar-refractivity contribution >= 4 is 22.4 Å². The second kappa shape index (κ2) is 6.59. The predicted octanol–water partition coefficient (Wildman–Crippen LogP) is 1.97. The molecule has 1 aromatic carbocycles. The van der Waals surface area contributed by atoms with Crippen LogP contribution in [0.1, 0.15) is 12.5 Å². The van der Waals surface area contributed by atoms with Gasteiger partial charge in [0.1, 0.15) is 13.2 Å². The van der Waals surface area contributed by atoms with E-state index in [9.17, 15) is 4.21 Å². The van der Waals surface area contributed by atoms with E-state index in [0.717, 1.165) is 5.56 Å². The van der Waals surface area contributed by atoms with Gasteiger partial charge >= 0.3 is 0 Å². The average Bonchev–Trinajstić information content (AvgIpc) is 2.36. The molecule has 2 atom stereocenters. The Morgan fingerprint density at radius 1 is 1.42 bits per heavy atom. The number of rotatable bonds is 5. The van der Waals surface area contributed by atoms with Gasteiger partial charge in [0.05, 0.1) is 5.02 Å². The van der Waals surface area contributed by atoms with E-state index in [1.54, 1.807) is 6.26 Å². The first-order chi connectivity index (χ1) is 9.06. The smallest absolute Gasteiger partial charge is 0.179 e. The Hall–Kier alpha value is -0.780.